The Hall–Kier alpha value is -4.83. The molecule has 4 aromatic rings. The first-order chi connectivity index (χ1) is 20.8. The van der Waals surface area contributed by atoms with Crippen molar-refractivity contribution in [2.24, 2.45) is 0 Å². The smallest absolute Gasteiger partial charge is 0.407 e. The number of esters is 1. The summed E-state index contributed by atoms with van der Waals surface area (Å²) in [5, 5.41) is 9.53. The van der Waals surface area contributed by atoms with Gasteiger partial charge in [0.05, 0.1) is 7.11 Å². The van der Waals surface area contributed by atoms with Crippen LogP contribution in [0, 0.1) is 0 Å². The Bertz CT molecular complexity index is 1550. The summed E-state index contributed by atoms with van der Waals surface area (Å²) in [5.74, 6) is -1.31. The molecule has 0 radical (unpaired) electrons. The molecule has 4 rings (SSSR count). The van der Waals surface area contributed by atoms with E-state index in [9.17, 15) is 19.2 Å². The van der Waals surface area contributed by atoms with Crippen molar-refractivity contribution in [3.05, 3.63) is 101 Å². The molecule has 0 fully saturated rings. The largest absolute Gasteiger partial charge is 0.469 e. The molecule has 0 unspecified atom stereocenters. The first-order valence-corrected chi connectivity index (χ1v) is 14.1. The molecule has 3 N–H and O–H groups in total. The number of furan rings is 1. The molecule has 0 saturated heterocycles. The maximum absolute atomic E-state index is 13.4. The number of para-hydroxylation sites is 2. The summed E-state index contributed by atoms with van der Waals surface area (Å²) < 4.78 is 15.6. The Morgan fingerprint density at radius 2 is 1.65 bits per heavy atom. The molecule has 1 aromatic heterocycles. The molecule has 224 valence electrons. The number of rotatable bonds is 13. The van der Waals surface area contributed by atoms with E-state index >= 15 is 0 Å². The van der Waals surface area contributed by atoms with Crippen LogP contribution < -0.4 is 16.0 Å². The number of carbonyl (C=O) groups excluding carboxylic acids is 4. The third-order valence-corrected chi connectivity index (χ3v) is 7.00. The molecule has 0 aliphatic carbocycles. The molecule has 0 saturated carbocycles. The lowest BCUT2D eigenvalue weighted by atomic mass is 10.1. The zero-order valence-electron chi connectivity index (χ0n) is 23.6. The van der Waals surface area contributed by atoms with Crippen molar-refractivity contribution < 1.29 is 33.1 Å². The number of alkyl carbamates (subject to hydrolysis) is 1. The number of anilines is 1. The van der Waals surface area contributed by atoms with Crippen LogP contribution in [-0.2, 0) is 32.1 Å². The number of carbonyl (C=O) groups is 4. The monoisotopic (exact) mass is 605 g/mol. The molecule has 0 bridgehead atoms. The zero-order chi connectivity index (χ0) is 30.6. The Morgan fingerprint density at radius 3 is 2.42 bits per heavy atom. The highest BCUT2D eigenvalue weighted by molar-refractivity contribution is 6.31. The van der Waals surface area contributed by atoms with Gasteiger partial charge in [-0.1, -0.05) is 66.2 Å². The van der Waals surface area contributed by atoms with Crippen molar-refractivity contribution in [1.29, 1.82) is 0 Å². The van der Waals surface area contributed by atoms with Gasteiger partial charge >= 0.3 is 12.1 Å². The van der Waals surface area contributed by atoms with Crippen LogP contribution in [0.4, 0.5) is 10.5 Å². The molecule has 0 aliphatic rings. The fourth-order valence-corrected chi connectivity index (χ4v) is 4.51. The molecular weight excluding hydrogens is 574 g/mol. The molecule has 1 heterocycles. The lowest BCUT2D eigenvalue weighted by Crippen LogP contribution is -2.44. The summed E-state index contributed by atoms with van der Waals surface area (Å²) in [6.07, 6.45) is 0.427. The molecule has 3 aromatic carbocycles. The van der Waals surface area contributed by atoms with Gasteiger partial charge in [-0.05, 0) is 49.1 Å². The minimum atomic E-state index is -0.963. The van der Waals surface area contributed by atoms with Crippen LogP contribution in [0.15, 0.2) is 83.3 Å². The predicted octanol–water partition coefficient (Wildman–Crippen LogP) is 5.64. The Balaban J connectivity index is 1.39. The van der Waals surface area contributed by atoms with Crippen molar-refractivity contribution >= 4 is 52.1 Å². The average Bonchev–Trinajstić information content (AvgIpc) is 3.46. The summed E-state index contributed by atoms with van der Waals surface area (Å²) in [6.45, 7) is 0.209. The van der Waals surface area contributed by atoms with E-state index in [1.807, 2.05) is 12.1 Å². The van der Waals surface area contributed by atoms with E-state index in [4.69, 9.17) is 25.5 Å². The van der Waals surface area contributed by atoms with Gasteiger partial charge in [0, 0.05) is 34.6 Å². The van der Waals surface area contributed by atoms with Gasteiger partial charge in [-0.25, -0.2) is 4.79 Å². The predicted molar refractivity (Wildman–Crippen MR) is 162 cm³/mol. The summed E-state index contributed by atoms with van der Waals surface area (Å²) in [7, 11) is 1.32. The van der Waals surface area contributed by atoms with Gasteiger partial charge in [0.15, 0.2) is 5.76 Å². The minimum Gasteiger partial charge on any atom is -0.469 e. The highest BCUT2D eigenvalue weighted by Crippen LogP contribution is 2.21. The molecule has 0 spiro atoms. The van der Waals surface area contributed by atoms with Crippen molar-refractivity contribution in [3.63, 3.8) is 0 Å². The number of nitrogens with one attached hydrogen (secondary N) is 3. The fraction of sp³-hybridized carbons (Fsp3) is 0.250. The number of aryl methyl sites for hydroxylation is 1. The molecule has 0 aliphatic heterocycles. The number of fused-ring (bicyclic) bond motifs is 1. The van der Waals surface area contributed by atoms with Crippen molar-refractivity contribution in [2.75, 3.05) is 19.0 Å². The first kappa shape index (κ1) is 31.1. The van der Waals surface area contributed by atoms with Gasteiger partial charge in [0.25, 0.3) is 5.91 Å². The summed E-state index contributed by atoms with van der Waals surface area (Å²) in [5.41, 5.74) is 2.48. The second-order valence-corrected chi connectivity index (χ2v) is 10.0. The maximum Gasteiger partial charge on any atom is 0.407 e. The number of hydrogen-bond acceptors (Lipinski definition) is 7. The first-order valence-electron chi connectivity index (χ1n) is 13.7. The number of methoxy groups -OCH3 is 1. The number of hydrogen-bond donors (Lipinski definition) is 3. The van der Waals surface area contributed by atoms with Gasteiger partial charge in [0.1, 0.15) is 18.2 Å². The summed E-state index contributed by atoms with van der Waals surface area (Å²) in [6, 6.07) is 22.0. The topological polar surface area (TPSA) is 136 Å². The zero-order valence-corrected chi connectivity index (χ0v) is 24.3. The molecule has 11 heteroatoms. The Morgan fingerprint density at radius 1 is 0.930 bits per heavy atom. The lowest BCUT2D eigenvalue weighted by molar-refractivity contribution is -0.140. The van der Waals surface area contributed by atoms with Gasteiger partial charge in [-0.3, -0.25) is 14.4 Å². The molecule has 3 amide bonds. The van der Waals surface area contributed by atoms with E-state index in [1.165, 1.54) is 7.11 Å². The summed E-state index contributed by atoms with van der Waals surface area (Å²) >= 11 is 6.10. The number of amides is 3. The number of halogens is 1. The van der Waals surface area contributed by atoms with E-state index in [-0.39, 0.29) is 37.7 Å². The Labute approximate surface area is 253 Å². The second kappa shape index (κ2) is 15.4. The van der Waals surface area contributed by atoms with Gasteiger partial charge < -0.3 is 29.8 Å². The maximum atomic E-state index is 13.4. The average molecular weight is 606 g/mol. The second-order valence-electron chi connectivity index (χ2n) is 9.63. The van der Waals surface area contributed by atoms with Crippen LogP contribution >= 0.6 is 11.6 Å². The van der Waals surface area contributed by atoms with Crippen LogP contribution in [0.1, 0.15) is 40.9 Å². The fourth-order valence-electron chi connectivity index (χ4n) is 4.32. The van der Waals surface area contributed by atoms with Crippen molar-refractivity contribution in [1.82, 2.24) is 10.6 Å². The van der Waals surface area contributed by atoms with E-state index in [2.05, 4.69) is 16.0 Å². The molecule has 1 atom stereocenters. The molecular formula is C32H32ClN3O7. The standard InChI is InChI=1S/C32H32ClN3O7/c1-41-29(37)17-16-21-9-3-6-13-25(21)35-30(38)26(36-31(39)28-19-22-10-4-7-15-27(22)43-28)14-8-18-34-32(40)42-20-23-11-2-5-12-24(23)33/h2-7,9-13,15,19,26H,8,14,16-18,20H2,1H3,(H,34,40)(H,35,38)(H,36,39)/t26-/m0/s1. The third kappa shape index (κ3) is 9.08. The van der Waals surface area contributed by atoms with Gasteiger partial charge in [-0.15, -0.1) is 0 Å². The SMILES string of the molecule is COC(=O)CCc1ccccc1NC(=O)[C@H](CCCNC(=O)OCc1ccccc1Cl)NC(=O)c1cc2ccccc2o1. The highest BCUT2D eigenvalue weighted by Gasteiger charge is 2.24. The highest BCUT2D eigenvalue weighted by atomic mass is 35.5. The quantitative estimate of drug-likeness (QED) is 0.133. The van der Waals surface area contributed by atoms with Crippen molar-refractivity contribution in [3.8, 4) is 0 Å². The third-order valence-electron chi connectivity index (χ3n) is 6.63. The van der Waals surface area contributed by atoms with Gasteiger partial charge in [-0.2, -0.15) is 0 Å². The number of ether oxygens (including phenoxy) is 2. The van der Waals surface area contributed by atoms with Crippen LogP contribution in [0.25, 0.3) is 11.0 Å². The number of benzene rings is 3. The molecule has 43 heavy (non-hydrogen) atoms. The summed E-state index contributed by atoms with van der Waals surface area (Å²) in [4.78, 5) is 50.4. The van der Waals surface area contributed by atoms with Crippen LogP contribution in [0.3, 0.4) is 0 Å². The van der Waals surface area contributed by atoms with Crippen LogP contribution in [0.2, 0.25) is 5.02 Å². The van der Waals surface area contributed by atoms with E-state index in [0.717, 1.165) is 10.9 Å². The van der Waals surface area contributed by atoms with E-state index in [0.29, 0.717) is 34.7 Å². The lowest BCUT2D eigenvalue weighted by Gasteiger charge is -2.19. The van der Waals surface area contributed by atoms with Crippen molar-refractivity contribution in [2.45, 2.75) is 38.3 Å². The van der Waals surface area contributed by atoms with Crippen LogP contribution in [-0.4, -0.2) is 43.6 Å². The van der Waals surface area contributed by atoms with Gasteiger partial charge in [0.2, 0.25) is 5.91 Å². The minimum absolute atomic E-state index is 0.0134. The van der Waals surface area contributed by atoms with E-state index < -0.39 is 23.9 Å². The van der Waals surface area contributed by atoms with Crippen LogP contribution in [0.5, 0.6) is 0 Å². The molecule has 10 nitrogen and oxygen atoms in total. The van der Waals surface area contributed by atoms with E-state index in [1.54, 1.807) is 66.7 Å². The Kier molecular flexibility index (Phi) is 11.2. The normalized spacial score (nSPS) is 11.4.